The Morgan fingerprint density at radius 2 is 1.38 bits per heavy atom. The van der Waals surface area contributed by atoms with Gasteiger partial charge in [-0.2, -0.15) is 0 Å². The molecule has 0 atom stereocenters. The number of amides is 2. The van der Waals surface area contributed by atoms with Crippen molar-refractivity contribution in [2.24, 2.45) is 0 Å². The average Bonchev–Trinajstić information content (AvgIpc) is 2.88. The summed E-state index contributed by atoms with van der Waals surface area (Å²) in [5.41, 5.74) is 3.44. The van der Waals surface area contributed by atoms with Crippen LogP contribution in [-0.4, -0.2) is 69.1 Å². The van der Waals surface area contributed by atoms with Crippen molar-refractivity contribution in [1.29, 1.82) is 0 Å². The first kappa shape index (κ1) is 27.9. The number of hydrogen-bond donors (Lipinski definition) is 2. The minimum absolute atomic E-state index is 0.0325. The molecular weight excluding hydrogens is 476 g/mol. The number of nitrogens with zero attached hydrogens (tertiary/aromatic N) is 1. The van der Waals surface area contributed by atoms with Gasteiger partial charge >= 0.3 is 5.97 Å². The van der Waals surface area contributed by atoms with Crippen LogP contribution in [0, 0.1) is 11.8 Å². The molecule has 0 saturated heterocycles. The topological polar surface area (TPSA) is 114 Å². The zero-order chi connectivity index (χ0) is 26.3. The molecule has 0 spiro atoms. The second-order valence-electron chi connectivity index (χ2n) is 8.23. The number of ether oxygens (including phenoxy) is 3. The zero-order valence-corrected chi connectivity index (χ0v) is 20.7. The van der Waals surface area contributed by atoms with Gasteiger partial charge < -0.3 is 29.5 Å². The van der Waals surface area contributed by atoms with Gasteiger partial charge in [0.2, 0.25) is 11.8 Å². The van der Waals surface area contributed by atoms with Crippen molar-refractivity contribution in [3.8, 4) is 11.8 Å². The van der Waals surface area contributed by atoms with Crippen molar-refractivity contribution in [3.63, 3.8) is 0 Å². The molecule has 2 amide bonds. The normalized spacial score (nSPS) is 11.8. The van der Waals surface area contributed by atoms with Crippen LogP contribution in [0.25, 0.3) is 0 Å². The maximum absolute atomic E-state index is 13.1. The first-order chi connectivity index (χ1) is 18.0. The van der Waals surface area contributed by atoms with E-state index in [-0.39, 0.29) is 50.8 Å². The maximum Gasteiger partial charge on any atom is 0.305 e. The van der Waals surface area contributed by atoms with Gasteiger partial charge in [-0.05, 0) is 23.8 Å². The molecule has 2 aromatic rings. The second-order valence-corrected chi connectivity index (χ2v) is 8.23. The van der Waals surface area contributed by atoms with E-state index in [9.17, 15) is 14.4 Å². The summed E-state index contributed by atoms with van der Waals surface area (Å²) >= 11 is 0. The van der Waals surface area contributed by atoms with Gasteiger partial charge in [-0.3, -0.25) is 14.4 Å². The number of fused-ring (bicyclic) bond motifs is 2. The summed E-state index contributed by atoms with van der Waals surface area (Å²) in [4.78, 5) is 37.4. The Balaban J connectivity index is 1.33. The number of carboxylic acids is 1. The minimum Gasteiger partial charge on any atom is -0.481 e. The molecule has 0 saturated carbocycles. The lowest BCUT2D eigenvalue weighted by molar-refractivity contribution is -0.138. The SMILES string of the molecule is O=C(O)CCOCCOCCOCCC(=O)NCCC(=O)N1Cc2ccccc2C#Cc2ccccc21. The zero-order valence-electron chi connectivity index (χ0n) is 20.7. The highest BCUT2D eigenvalue weighted by Gasteiger charge is 2.21. The van der Waals surface area contributed by atoms with E-state index in [4.69, 9.17) is 19.3 Å². The standard InChI is InChI=1S/C28H32N2O7/c31-26(12-15-35-17-19-37-20-18-36-16-13-28(33)34)29-14-11-27(32)30-21-24-7-2-1-5-22(24)9-10-23-6-3-4-8-25(23)30/h1-8H,11-21H2,(H,29,31)(H,33,34). The molecule has 1 heterocycles. The van der Waals surface area contributed by atoms with Crippen molar-refractivity contribution in [1.82, 2.24) is 5.32 Å². The quantitative estimate of drug-likeness (QED) is 0.280. The lowest BCUT2D eigenvalue weighted by Crippen LogP contribution is -2.35. The first-order valence-electron chi connectivity index (χ1n) is 12.3. The summed E-state index contributed by atoms with van der Waals surface area (Å²) in [5, 5.41) is 11.3. The van der Waals surface area contributed by atoms with Gasteiger partial charge in [-0.1, -0.05) is 42.2 Å². The molecular formula is C28H32N2O7. The highest BCUT2D eigenvalue weighted by Crippen LogP contribution is 2.25. The molecule has 2 aromatic carbocycles. The molecule has 0 aliphatic carbocycles. The van der Waals surface area contributed by atoms with Crippen LogP contribution in [-0.2, 0) is 35.1 Å². The highest BCUT2D eigenvalue weighted by atomic mass is 16.5. The lowest BCUT2D eigenvalue weighted by Gasteiger charge is -2.26. The Kier molecular flexibility index (Phi) is 11.6. The van der Waals surface area contributed by atoms with E-state index in [1.165, 1.54) is 0 Å². The first-order valence-corrected chi connectivity index (χ1v) is 12.3. The van der Waals surface area contributed by atoms with E-state index in [1.807, 2.05) is 48.5 Å². The largest absolute Gasteiger partial charge is 0.481 e. The fourth-order valence-electron chi connectivity index (χ4n) is 3.61. The number of aliphatic carboxylic acids is 1. The van der Waals surface area contributed by atoms with Crippen molar-refractivity contribution in [3.05, 3.63) is 65.2 Å². The molecule has 0 fully saturated rings. The van der Waals surface area contributed by atoms with Crippen molar-refractivity contribution >= 4 is 23.5 Å². The second kappa shape index (κ2) is 15.4. The third-order valence-electron chi connectivity index (χ3n) is 5.51. The van der Waals surface area contributed by atoms with Gasteiger partial charge in [0.15, 0.2) is 0 Å². The van der Waals surface area contributed by atoms with Crippen LogP contribution in [0.15, 0.2) is 48.5 Å². The monoisotopic (exact) mass is 508 g/mol. The maximum atomic E-state index is 13.1. The van der Waals surface area contributed by atoms with E-state index in [0.29, 0.717) is 33.0 Å². The molecule has 0 aromatic heterocycles. The molecule has 3 rings (SSSR count). The average molecular weight is 509 g/mol. The number of carbonyl (C=O) groups excluding carboxylic acids is 2. The number of carboxylic acid groups (broad SMARTS) is 1. The van der Waals surface area contributed by atoms with Crippen LogP contribution >= 0.6 is 0 Å². The van der Waals surface area contributed by atoms with E-state index in [2.05, 4.69) is 17.2 Å². The van der Waals surface area contributed by atoms with Gasteiger partial charge in [-0.25, -0.2) is 0 Å². The van der Waals surface area contributed by atoms with Crippen molar-refractivity contribution in [2.75, 3.05) is 51.1 Å². The van der Waals surface area contributed by atoms with E-state index >= 15 is 0 Å². The van der Waals surface area contributed by atoms with Gasteiger partial charge in [-0.15, -0.1) is 0 Å². The molecule has 2 N–H and O–H groups in total. The molecule has 9 heteroatoms. The van der Waals surface area contributed by atoms with Crippen molar-refractivity contribution < 1.29 is 33.7 Å². The van der Waals surface area contributed by atoms with Gasteiger partial charge in [0.05, 0.1) is 58.3 Å². The lowest BCUT2D eigenvalue weighted by atomic mass is 10.0. The molecule has 0 radical (unpaired) electrons. The number of nitrogens with one attached hydrogen (secondary N) is 1. The Labute approximate surface area is 216 Å². The Morgan fingerprint density at radius 3 is 2.11 bits per heavy atom. The summed E-state index contributed by atoms with van der Waals surface area (Å²) in [6.07, 6.45) is 0.316. The Morgan fingerprint density at radius 1 is 0.784 bits per heavy atom. The Hall–Kier alpha value is -3.71. The van der Waals surface area contributed by atoms with Gasteiger partial charge in [0, 0.05) is 30.5 Å². The van der Waals surface area contributed by atoms with Crippen LogP contribution < -0.4 is 10.2 Å². The minimum atomic E-state index is -0.898. The number of anilines is 1. The summed E-state index contributed by atoms with van der Waals surface area (Å²) in [6.45, 7) is 2.39. The third kappa shape index (κ3) is 9.69. The van der Waals surface area contributed by atoms with Crippen LogP contribution in [0.4, 0.5) is 5.69 Å². The Bertz CT molecular complexity index is 1120. The summed E-state index contributed by atoms with van der Waals surface area (Å²) < 4.78 is 15.8. The van der Waals surface area contributed by atoms with E-state index in [1.54, 1.807) is 4.90 Å². The molecule has 1 aliphatic heterocycles. The van der Waals surface area contributed by atoms with Crippen LogP contribution in [0.3, 0.4) is 0 Å². The van der Waals surface area contributed by atoms with Crippen LogP contribution in [0.5, 0.6) is 0 Å². The summed E-state index contributed by atoms with van der Waals surface area (Å²) in [6, 6.07) is 15.4. The van der Waals surface area contributed by atoms with Gasteiger partial charge in [0.1, 0.15) is 0 Å². The third-order valence-corrected chi connectivity index (χ3v) is 5.51. The fraction of sp³-hybridized carbons (Fsp3) is 0.393. The molecule has 1 aliphatic rings. The highest BCUT2D eigenvalue weighted by molar-refractivity contribution is 5.95. The number of para-hydroxylation sites is 1. The summed E-state index contributed by atoms with van der Waals surface area (Å²) in [7, 11) is 0. The van der Waals surface area contributed by atoms with Crippen molar-refractivity contribution in [2.45, 2.75) is 25.8 Å². The molecule has 9 nitrogen and oxygen atoms in total. The number of carbonyl (C=O) groups is 3. The summed E-state index contributed by atoms with van der Waals surface area (Å²) in [5.74, 6) is 5.20. The predicted molar refractivity (Wildman–Crippen MR) is 137 cm³/mol. The predicted octanol–water partition coefficient (Wildman–Crippen LogP) is 2.35. The fourth-order valence-corrected chi connectivity index (χ4v) is 3.61. The van der Waals surface area contributed by atoms with Gasteiger partial charge in [0.25, 0.3) is 0 Å². The van der Waals surface area contributed by atoms with Crippen LogP contribution in [0.1, 0.15) is 36.0 Å². The number of rotatable bonds is 15. The smallest absolute Gasteiger partial charge is 0.305 e. The van der Waals surface area contributed by atoms with E-state index in [0.717, 1.165) is 22.4 Å². The number of hydrogen-bond acceptors (Lipinski definition) is 6. The molecule has 37 heavy (non-hydrogen) atoms. The molecule has 0 bridgehead atoms. The van der Waals surface area contributed by atoms with Crippen LogP contribution in [0.2, 0.25) is 0 Å². The number of benzene rings is 2. The molecule has 0 unspecified atom stereocenters. The van der Waals surface area contributed by atoms with E-state index < -0.39 is 5.97 Å². The molecule has 196 valence electrons.